The first-order valence-electron chi connectivity index (χ1n) is 8.19. The number of hydrogen-bond donors (Lipinski definition) is 2. The zero-order valence-corrected chi connectivity index (χ0v) is 14.5. The molecular weight excluding hydrogens is 371 g/mol. The lowest BCUT2D eigenvalue weighted by molar-refractivity contribution is -0.184. The standard InChI is InChI=1S/C16H18F3N3O3S/c17-16(18,19)10-4-3-5-11(8-10)21-14(23)9-20-15-12-6-1-2-7-13(12)26(24,25)22-15/h1-2,6-7,10-11H,3-5,8-9H2,(H,20,22)(H,21,23)/t10-,11-/m1/s1. The SMILES string of the molecule is O=C(CN=C1NS(=O)(=O)c2ccccc21)N[C@@H]1CCC[C@@H](C(F)(F)F)C1. The van der Waals surface area contributed by atoms with Crippen LogP contribution in [0.15, 0.2) is 34.2 Å². The summed E-state index contributed by atoms with van der Waals surface area (Å²) in [6.07, 6.45) is -3.42. The zero-order valence-electron chi connectivity index (χ0n) is 13.7. The summed E-state index contributed by atoms with van der Waals surface area (Å²) in [5.74, 6) is -1.87. The molecule has 0 bridgehead atoms. The van der Waals surface area contributed by atoms with E-state index in [2.05, 4.69) is 15.0 Å². The van der Waals surface area contributed by atoms with Crippen molar-refractivity contribution in [3.05, 3.63) is 29.8 Å². The topological polar surface area (TPSA) is 87.6 Å². The fourth-order valence-electron chi connectivity index (χ4n) is 3.29. The van der Waals surface area contributed by atoms with Gasteiger partial charge in [0.15, 0.2) is 0 Å². The van der Waals surface area contributed by atoms with E-state index in [1.54, 1.807) is 18.2 Å². The van der Waals surface area contributed by atoms with E-state index in [1.165, 1.54) is 6.07 Å². The highest BCUT2D eigenvalue weighted by Crippen LogP contribution is 2.37. The lowest BCUT2D eigenvalue weighted by Gasteiger charge is -2.30. The van der Waals surface area contributed by atoms with Crippen LogP contribution in [0.2, 0.25) is 0 Å². The number of sulfonamides is 1. The van der Waals surface area contributed by atoms with Gasteiger partial charge in [0.25, 0.3) is 10.0 Å². The fourth-order valence-corrected chi connectivity index (χ4v) is 4.54. The number of nitrogens with one attached hydrogen (secondary N) is 2. The number of alkyl halides is 3. The molecule has 142 valence electrons. The summed E-state index contributed by atoms with van der Waals surface area (Å²) in [6.45, 7) is -0.362. The molecule has 1 heterocycles. The Morgan fingerprint density at radius 3 is 2.73 bits per heavy atom. The van der Waals surface area contributed by atoms with Gasteiger partial charge in [-0.05, 0) is 31.4 Å². The minimum Gasteiger partial charge on any atom is -0.352 e. The molecule has 2 aliphatic rings. The smallest absolute Gasteiger partial charge is 0.352 e. The Bertz CT molecular complexity index is 837. The number of amides is 1. The Labute approximate surface area is 148 Å². The van der Waals surface area contributed by atoms with E-state index in [9.17, 15) is 26.4 Å². The molecule has 0 unspecified atom stereocenters. The summed E-state index contributed by atoms with van der Waals surface area (Å²) < 4.78 is 64.6. The molecule has 1 aromatic rings. The summed E-state index contributed by atoms with van der Waals surface area (Å²) in [5.41, 5.74) is 0.370. The number of fused-ring (bicyclic) bond motifs is 1. The first-order chi connectivity index (χ1) is 12.2. The number of nitrogens with zero attached hydrogens (tertiary/aromatic N) is 1. The van der Waals surface area contributed by atoms with Crippen molar-refractivity contribution in [1.29, 1.82) is 0 Å². The minimum atomic E-state index is -4.25. The summed E-state index contributed by atoms with van der Waals surface area (Å²) in [7, 11) is -3.69. The van der Waals surface area contributed by atoms with Crippen molar-refractivity contribution < 1.29 is 26.4 Å². The predicted molar refractivity (Wildman–Crippen MR) is 88.1 cm³/mol. The number of carbonyl (C=O) groups is 1. The van der Waals surface area contributed by atoms with Crippen LogP contribution in [-0.2, 0) is 14.8 Å². The molecule has 0 aromatic heterocycles. The number of aliphatic imine (C=N–C) groups is 1. The van der Waals surface area contributed by atoms with Crippen molar-refractivity contribution >= 4 is 21.8 Å². The van der Waals surface area contributed by atoms with Gasteiger partial charge in [-0.15, -0.1) is 0 Å². The molecule has 10 heteroatoms. The summed E-state index contributed by atoms with van der Waals surface area (Å²) in [4.78, 5) is 16.1. The molecule has 1 aromatic carbocycles. The van der Waals surface area contributed by atoms with Crippen LogP contribution in [0.1, 0.15) is 31.2 Å². The van der Waals surface area contributed by atoms with Crippen molar-refractivity contribution in [2.24, 2.45) is 10.9 Å². The highest BCUT2D eigenvalue weighted by Gasteiger charge is 2.42. The highest BCUT2D eigenvalue weighted by atomic mass is 32.2. The molecule has 26 heavy (non-hydrogen) atoms. The first-order valence-corrected chi connectivity index (χ1v) is 9.68. The molecule has 2 N–H and O–H groups in total. The third-order valence-corrected chi connectivity index (χ3v) is 5.94. The maximum atomic E-state index is 12.8. The van der Waals surface area contributed by atoms with Gasteiger partial charge in [-0.1, -0.05) is 18.6 Å². The van der Waals surface area contributed by atoms with E-state index in [4.69, 9.17) is 0 Å². The quantitative estimate of drug-likeness (QED) is 0.829. The van der Waals surface area contributed by atoms with Crippen LogP contribution in [-0.4, -0.2) is 38.9 Å². The van der Waals surface area contributed by atoms with E-state index in [0.29, 0.717) is 18.4 Å². The van der Waals surface area contributed by atoms with Crippen LogP contribution in [0.3, 0.4) is 0 Å². The van der Waals surface area contributed by atoms with Crippen LogP contribution in [0, 0.1) is 5.92 Å². The highest BCUT2D eigenvalue weighted by molar-refractivity contribution is 7.90. The van der Waals surface area contributed by atoms with Gasteiger partial charge in [-0.3, -0.25) is 14.5 Å². The van der Waals surface area contributed by atoms with Gasteiger partial charge in [0.2, 0.25) is 5.91 Å². The Morgan fingerprint density at radius 2 is 2.00 bits per heavy atom. The summed E-state index contributed by atoms with van der Waals surface area (Å²) in [5, 5.41) is 2.57. The lowest BCUT2D eigenvalue weighted by Crippen LogP contribution is -2.42. The van der Waals surface area contributed by atoms with E-state index in [-0.39, 0.29) is 30.1 Å². The Morgan fingerprint density at radius 1 is 1.27 bits per heavy atom. The van der Waals surface area contributed by atoms with Gasteiger partial charge < -0.3 is 5.32 Å². The Kier molecular flexibility index (Phi) is 4.96. The largest absolute Gasteiger partial charge is 0.391 e. The number of amidine groups is 1. The van der Waals surface area contributed by atoms with Gasteiger partial charge in [0, 0.05) is 11.6 Å². The van der Waals surface area contributed by atoms with Gasteiger partial charge >= 0.3 is 6.18 Å². The normalized spacial score (nSPS) is 26.2. The number of benzene rings is 1. The average Bonchev–Trinajstić information content (AvgIpc) is 2.84. The van der Waals surface area contributed by atoms with Crippen molar-refractivity contribution in [2.75, 3.05) is 6.54 Å². The molecule has 1 fully saturated rings. The van der Waals surface area contributed by atoms with Crippen molar-refractivity contribution in [1.82, 2.24) is 10.0 Å². The molecule has 0 saturated heterocycles. The summed E-state index contributed by atoms with van der Waals surface area (Å²) in [6, 6.07) is 5.68. The van der Waals surface area contributed by atoms with Crippen molar-refractivity contribution in [3.63, 3.8) is 0 Å². The first kappa shape index (κ1) is 18.7. The molecule has 1 amide bonds. The number of carbonyl (C=O) groups excluding carboxylic acids is 1. The van der Waals surface area contributed by atoms with E-state index >= 15 is 0 Å². The Hall–Kier alpha value is -2.10. The second-order valence-electron chi connectivity index (χ2n) is 6.44. The van der Waals surface area contributed by atoms with Crippen LogP contribution in [0.4, 0.5) is 13.2 Å². The third kappa shape index (κ3) is 4.00. The molecule has 6 nitrogen and oxygen atoms in total. The van der Waals surface area contributed by atoms with Gasteiger partial charge in [-0.25, -0.2) is 8.42 Å². The van der Waals surface area contributed by atoms with Crippen molar-refractivity contribution in [3.8, 4) is 0 Å². The van der Waals surface area contributed by atoms with E-state index in [1.807, 2.05) is 0 Å². The van der Waals surface area contributed by atoms with Crippen LogP contribution >= 0.6 is 0 Å². The fraction of sp³-hybridized carbons (Fsp3) is 0.500. The van der Waals surface area contributed by atoms with Crippen LogP contribution < -0.4 is 10.0 Å². The average molecular weight is 389 g/mol. The van der Waals surface area contributed by atoms with Crippen LogP contribution in [0.5, 0.6) is 0 Å². The zero-order chi connectivity index (χ0) is 18.9. The monoisotopic (exact) mass is 389 g/mol. The maximum Gasteiger partial charge on any atom is 0.391 e. The molecule has 1 saturated carbocycles. The Balaban J connectivity index is 1.62. The molecule has 3 rings (SSSR count). The number of rotatable bonds is 3. The van der Waals surface area contributed by atoms with Gasteiger partial charge in [0.1, 0.15) is 12.4 Å². The molecular formula is C16H18F3N3O3S. The second-order valence-corrected chi connectivity index (χ2v) is 8.09. The minimum absolute atomic E-state index is 0.0626. The second kappa shape index (κ2) is 6.90. The summed E-state index contributed by atoms with van der Waals surface area (Å²) >= 11 is 0. The third-order valence-electron chi connectivity index (χ3n) is 4.55. The van der Waals surface area contributed by atoms with Gasteiger partial charge in [-0.2, -0.15) is 13.2 Å². The van der Waals surface area contributed by atoms with Crippen molar-refractivity contribution in [2.45, 2.75) is 42.8 Å². The number of hydrogen-bond acceptors (Lipinski definition) is 4. The van der Waals surface area contributed by atoms with E-state index < -0.39 is 34.1 Å². The maximum absolute atomic E-state index is 12.8. The molecule has 2 atom stereocenters. The predicted octanol–water partition coefficient (Wildman–Crippen LogP) is 1.96. The molecule has 1 aliphatic heterocycles. The van der Waals surface area contributed by atoms with Gasteiger partial charge in [0.05, 0.1) is 10.8 Å². The number of halogens is 3. The van der Waals surface area contributed by atoms with E-state index in [0.717, 1.165) is 0 Å². The molecule has 0 spiro atoms. The van der Waals surface area contributed by atoms with Crippen LogP contribution in [0.25, 0.3) is 0 Å². The lowest BCUT2D eigenvalue weighted by atomic mass is 9.85. The molecule has 1 aliphatic carbocycles. The molecule has 0 radical (unpaired) electrons.